The van der Waals surface area contributed by atoms with Gasteiger partial charge in [-0.3, -0.25) is 4.79 Å². The lowest BCUT2D eigenvalue weighted by molar-refractivity contribution is 0.0556. The molecule has 96 valence electrons. The first-order valence-corrected chi connectivity index (χ1v) is 7.06. The largest absolute Gasteiger partial charge is 0.333 e. The van der Waals surface area contributed by atoms with Crippen molar-refractivity contribution in [1.82, 2.24) is 9.88 Å². The summed E-state index contributed by atoms with van der Waals surface area (Å²) in [6.45, 7) is 0. The Hall–Kier alpha value is -0.800. The SMILES string of the molecule is O=C(c1cc(Cl)nc(Cl)c1)N(C1CCC1)C1CC1. The van der Waals surface area contributed by atoms with Gasteiger partial charge in [0, 0.05) is 17.6 Å². The van der Waals surface area contributed by atoms with Gasteiger partial charge in [0.2, 0.25) is 0 Å². The molecule has 18 heavy (non-hydrogen) atoms. The standard InChI is InChI=1S/C13H14Cl2N2O/c14-11-6-8(7-12(15)16-11)13(18)17(10-4-5-10)9-2-1-3-9/h6-7,9-10H,1-5H2. The first-order valence-electron chi connectivity index (χ1n) is 6.31. The molecule has 0 aliphatic heterocycles. The Morgan fingerprint density at radius 1 is 1.11 bits per heavy atom. The Balaban J connectivity index is 1.86. The predicted octanol–water partition coefficient (Wildman–Crippen LogP) is 3.55. The smallest absolute Gasteiger partial charge is 0.254 e. The molecule has 2 aliphatic carbocycles. The molecule has 1 heterocycles. The maximum absolute atomic E-state index is 12.5. The van der Waals surface area contributed by atoms with Gasteiger partial charge in [0.15, 0.2) is 0 Å². The van der Waals surface area contributed by atoms with E-state index in [1.165, 1.54) is 6.42 Å². The lowest BCUT2D eigenvalue weighted by Crippen LogP contribution is -2.45. The first kappa shape index (κ1) is 12.2. The summed E-state index contributed by atoms with van der Waals surface area (Å²) in [4.78, 5) is 18.5. The molecule has 3 nitrogen and oxygen atoms in total. The van der Waals surface area contributed by atoms with Crippen LogP contribution >= 0.6 is 23.2 Å². The maximum atomic E-state index is 12.5. The van der Waals surface area contributed by atoms with Crippen LogP contribution in [-0.4, -0.2) is 27.9 Å². The van der Waals surface area contributed by atoms with Crippen molar-refractivity contribution in [3.05, 3.63) is 28.0 Å². The average molecular weight is 285 g/mol. The molecule has 5 heteroatoms. The second-order valence-electron chi connectivity index (χ2n) is 5.03. The molecule has 0 N–H and O–H groups in total. The fraction of sp³-hybridized carbons (Fsp3) is 0.538. The number of nitrogens with zero attached hydrogens (tertiary/aromatic N) is 2. The molecule has 0 aromatic carbocycles. The number of amides is 1. The van der Waals surface area contributed by atoms with Crippen molar-refractivity contribution in [2.45, 2.75) is 44.2 Å². The fourth-order valence-electron chi connectivity index (χ4n) is 2.38. The third-order valence-electron chi connectivity index (χ3n) is 3.65. The van der Waals surface area contributed by atoms with Crippen LogP contribution in [0.1, 0.15) is 42.5 Å². The number of carbonyl (C=O) groups excluding carboxylic acids is 1. The van der Waals surface area contributed by atoms with Crippen LogP contribution in [0.4, 0.5) is 0 Å². The van der Waals surface area contributed by atoms with Gasteiger partial charge in [-0.2, -0.15) is 0 Å². The van der Waals surface area contributed by atoms with Crippen LogP contribution in [0.15, 0.2) is 12.1 Å². The molecule has 0 bridgehead atoms. The van der Waals surface area contributed by atoms with Crippen molar-refractivity contribution in [3.8, 4) is 0 Å². The Morgan fingerprint density at radius 3 is 2.11 bits per heavy atom. The summed E-state index contributed by atoms with van der Waals surface area (Å²) in [5.41, 5.74) is 0.554. The van der Waals surface area contributed by atoms with Crippen molar-refractivity contribution in [2.75, 3.05) is 0 Å². The maximum Gasteiger partial charge on any atom is 0.254 e. The van der Waals surface area contributed by atoms with Crippen molar-refractivity contribution in [1.29, 1.82) is 0 Å². The molecule has 0 saturated heterocycles. The summed E-state index contributed by atoms with van der Waals surface area (Å²) in [7, 11) is 0. The number of carbonyl (C=O) groups is 1. The van der Waals surface area contributed by atoms with E-state index in [4.69, 9.17) is 23.2 Å². The first-order chi connectivity index (χ1) is 8.65. The summed E-state index contributed by atoms with van der Waals surface area (Å²) in [5.74, 6) is 0.0494. The summed E-state index contributed by atoms with van der Waals surface area (Å²) < 4.78 is 0. The zero-order valence-corrected chi connectivity index (χ0v) is 11.4. The second-order valence-corrected chi connectivity index (χ2v) is 5.80. The summed E-state index contributed by atoms with van der Waals surface area (Å²) >= 11 is 11.7. The highest BCUT2D eigenvalue weighted by Crippen LogP contribution is 2.36. The van der Waals surface area contributed by atoms with Gasteiger partial charge in [-0.25, -0.2) is 4.98 Å². The lowest BCUT2D eigenvalue weighted by Gasteiger charge is -2.38. The Kier molecular flexibility index (Phi) is 3.20. The van der Waals surface area contributed by atoms with E-state index in [0.29, 0.717) is 17.6 Å². The van der Waals surface area contributed by atoms with E-state index in [-0.39, 0.29) is 16.2 Å². The van der Waals surface area contributed by atoms with E-state index in [1.54, 1.807) is 12.1 Å². The minimum atomic E-state index is 0.0494. The lowest BCUT2D eigenvalue weighted by atomic mass is 9.91. The number of hydrogen-bond acceptors (Lipinski definition) is 2. The Labute approximate surface area is 116 Å². The van der Waals surface area contributed by atoms with Crippen molar-refractivity contribution in [2.24, 2.45) is 0 Å². The van der Waals surface area contributed by atoms with Crippen molar-refractivity contribution in [3.63, 3.8) is 0 Å². The minimum Gasteiger partial charge on any atom is -0.333 e. The van der Waals surface area contributed by atoms with Crippen LogP contribution in [0.3, 0.4) is 0 Å². The van der Waals surface area contributed by atoms with E-state index in [0.717, 1.165) is 25.7 Å². The number of hydrogen-bond donors (Lipinski definition) is 0. The third kappa shape index (κ3) is 2.34. The molecule has 0 radical (unpaired) electrons. The fourth-order valence-corrected chi connectivity index (χ4v) is 2.85. The van der Waals surface area contributed by atoms with Crippen LogP contribution < -0.4 is 0 Å². The Bertz CT molecular complexity index is 464. The van der Waals surface area contributed by atoms with Crippen LogP contribution in [0.2, 0.25) is 10.3 Å². The van der Waals surface area contributed by atoms with E-state index in [2.05, 4.69) is 4.98 Å². The van der Waals surface area contributed by atoms with Crippen molar-refractivity contribution < 1.29 is 4.79 Å². The molecule has 1 amide bonds. The molecule has 1 aromatic heterocycles. The van der Waals surface area contributed by atoms with Gasteiger partial charge in [-0.05, 0) is 44.2 Å². The van der Waals surface area contributed by atoms with E-state index in [9.17, 15) is 4.79 Å². The molecule has 3 rings (SSSR count). The zero-order valence-electron chi connectivity index (χ0n) is 9.90. The number of aromatic nitrogens is 1. The highest BCUT2D eigenvalue weighted by Gasteiger charge is 2.39. The Morgan fingerprint density at radius 2 is 1.67 bits per heavy atom. The van der Waals surface area contributed by atoms with Gasteiger partial charge < -0.3 is 4.90 Å². The summed E-state index contributed by atoms with van der Waals surface area (Å²) in [5, 5.41) is 0.547. The molecule has 0 atom stereocenters. The monoisotopic (exact) mass is 284 g/mol. The highest BCUT2D eigenvalue weighted by molar-refractivity contribution is 6.33. The molecule has 2 aliphatic rings. The molecule has 0 spiro atoms. The van der Waals surface area contributed by atoms with Gasteiger partial charge in [0.25, 0.3) is 5.91 Å². The van der Waals surface area contributed by atoms with Crippen LogP contribution in [0, 0.1) is 0 Å². The minimum absolute atomic E-state index is 0.0494. The normalized spacial score (nSPS) is 19.4. The van der Waals surface area contributed by atoms with E-state index in [1.807, 2.05) is 4.90 Å². The van der Waals surface area contributed by atoms with Gasteiger partial charge in [-0.15, -0.1) is 0 Å². The van der Waals surface area contributed by atoms with Gasteiger partial charge in [0.05, 0.1) is 0 Å². The van der Waals surface area contributed by atoms with Crippen molar-refractivity contribution >= 4 is 29.1 Å². The molecular weight excluding hydrogens is 271 g/mol. The molecule has 0 unspecified atom stereocenters. The van der Waals surface area contributed by atoms with Gasteiger partial charge >= 0.3 is 0 Å². The van der Waals surface area contributed by atoms with Gasteiger partial charge in [-0.1, -0.05) is 23.2 Å². The summed E-state index contributed by atoms with van der Waals surface area (Å²) in [6, 6.07) is 4.04. The highest BCUT2D eigenvalue weighted by atomic mass is 35.5. The summed E-state index contributed by atoms with van der Waals surface area (Å²) in [6.07, 6.45) is 5.70. The van der Waals surface area contributed by atoms with E-state index < -0.39 is 0 Å². The van der Waals surface area contributed by atoms with Crippen LogP contribution in [-0.2, 0) is 0 Å². The molecule has 1 aromatic rings. The van der Waals surface area contributed by atoms with Crippen LogP contribution in [0.5, 0.6) is 0 Å². The molecule has 2 saturated carbocycles. The third-order valence-corrected chi connectivity index (χ3v) is 4.04. The van der Waals surface area contributed by atoms with Gasteiger partial charge in [0.1, 0.15) is 10.3 Å². The topological polar surface area (TPSA) is 33.2 Å². The number of rotatable bonds is 3. The van der Waals surface area contributed by atoms with Crippen LogP contribution in [0.25, 0.3) is 0 Å². The quantitative estimate of drug-likeness (QED) is 0.796. The molecular formula is C13H14Cl2N2O. The molecule has 2 fully saturated rings. The average Bonchev–Trinajstić information content (AvgIpc) is 3.04. The number of halogens is 2. The predicted molar refractivity (Wildman–Crippen MR) is 71.1 cm³/mol. The zero-order chi connectivity index (χ0) is 12.7. The second kappa shape index (κ2) is 4.71. The number of pyridine rings is 1. The van der Waals surface area contributed by atoms with E-state index >= 15 is 0 Å².